The number of hydrogen-bond acceptors (Lipinski definition) is 3. The van der Waals surface area contributed by atoms with Crippen LogP contribution in [0.2, 0.25) is 0 Å². The van der Waals surface area contributed by atoms with Crippen LogP contribution >= 0.6 is 0 Å². The van der Waals surface area contributed by atoms with Crippen molar-refractivity contribution < 1.29 is 14.6 Å². The highest BCUT2D eigenvalue weighted by Crippen LogP contribution is 2.28. The van der Waals surface area contributed by atoms with E-state index in [2.05, 4.69) is 5.32 Å². The molecule has 0 spiro atoms. The maximum absolute atomic E-state index is 13.0. The summed E-state index contributed by atoms with van der Waals surface area (Å²) in [6.07, 6.45) is 3.01. The normalized spacial score (nSPS) is 19.9. The summed E-state index contributed by atoms with van der Waals surface area (Å²) in [6.45, 7) is 0.811. The van der Waals surface area contributed by atoms with Crippen LogP contribution in [0.3, 0.4) is 0 Å². The molecule has 18 heavy (non-hydrogen) atoms. The Morgan fingerprint density at radius 1 is 1.33 bits per heavy atom. The fourth-order valence-electron chi connectivity index (χ4n) is 2.48. The Kier molecular flexibility index (Phi) is 4.32. The summed E-state index contributed by atoms with van der Waals surface area (Å²) in [5, 5.41) is 23.1. The van der Waals surface area contributed by atoms with E-state index in [9.17, 15) is 14.6 Å². The van der Waals surface area contributed by atoms with Crippen LogP contribution in [0.4, 0.5) is 4.39 Å². The van der Waals surface area contributed by atoms with Gasteiger partial charge in [0.05, 0.1) is 11.7 Å². The first-order valence-corrected chi connectivity index (χ1v) is 6.46. The summed E-state index contributed by atoms with van der Waals surface area (Å²) in [4.78, 5) is 0. The van der Waals surface area contributed by atoms with Gasteiger partial charge in [-0.15, -0.1) is 0 Å². The summed E-state index contributed by atoms with van der Waals surface area (Å²) < 4.78 is 13.0. The number of aliphatic hydroxyl groups is 2. The Labute approximate surface area is 107 Å². The van der Waals surface area contributed by atoms with Gasteiger partial charge in [-0.3, -0.25) is 0 Å². The number of hydrogen-bond donors (Lipinski definition) is 3. The second-order valence-corrected chi connectivity index (χ2v) is 5.13. The van der Waals surface area contributed by atoms with Gasteiger partial charge in [-0.05, 0) is 30.5 Å². The largest absolute Gasteiger partial charge is 0.389 e. The molecule has 1 aromatic carbocycles. The minimum Gasteiger partial charge on any atom is -0.389 e. The zero-order chi connectivity index (χ0) is 13.0. The molecule has 0 amide bonds. The molecule has 100 valence electrons. The fraction of sp³-hybridized carbons (Fsp3) is 0.571. The Hall–Kier alpha value is -0.970. The van der Waals surface area contributed by atoms with Crippen molar-refractivity contribution >= 4 is 0 Å². The van der Waals surface area contributed by atoms with Gasteiger partial charge in [0.1, 0.15) is 5.82 Å². The second kappa shape index (κ2) is 5.78. The van der Waals surface area contributed by atoms with E-state index in [1.807, 2.05) is 0 Å². The van der Waals surface area contributed by atoms with Crippen molar-refractivity contribution in [1.82, 2.24) is 5.32 Å². The van der Waals surface area contributed by atoms with E-state index in [1.54, 1.807) is 12.1 Å². The van der Waals surface area contributed by atoms with Gasteiger partial charge in [-0.1, -0.05) is 25.0 Å². The average Bonchev–Trinajstić information content (AvgIpc) is 2.76. The third kappa shape index (κ3) is 3.51. The van der Waals surface area contributed by atoms with Gasteiger partial charge in [0.2, 0.25) is 0 Å². The van der Waals surface area contributed by atoms with Crippen molar-refractivity contribution in [3.8, 4) is 0 Å². The lowest BCUT2D eigenvalue weighted by atomic mass is 10.0. The summed E-state index contributed by atoms with van der Waals surface area (Å²) in [5.74, 6) is -0.346. The number of aliphatic hydroxyl groups excluding tert-OH is 1. The summed E-state index contributed by atoms with van der Waals surface area (Å²) in [5.41, 5.74) is -0.0670. The molecule has 3 N–H and O–H groups in total. The second-order valence-electron chi connectivity index (χ2n) is 5.13. The van der Waals surface area contributed by atoms with Crippen LogP contribution in [-0.2, 0) is 0 Å². The van der Waals surface area contributed by atoms with E-state index in [-0.39, 0.29) is 5.82 Å². The van der Waals surface area contributed by atoms with Crippen LogP contribution in [0.25, 0.3) is 0 Å². The summed E-state index contributed by atoms with van der Waals surface area (Å²) in [6, 6.07) is 5.96. The van der Waals surface area contributed by atoms with Gasteiger partial charge in [0, 0.05) is 13.1 Å². The van der Waals surface area contributed by atoms with E-state index in [1.165, 1.54) is 12.1 Å². The van der Waals surface area contributed by atoms with Crippen molar-refractivity contribution in [3.63, 3.8) is 0 Å². The van der Waals surface area contributed by atoms with E-state index in [4.69, 9.17) is 0 Å². The molecule has 4 heteroatoms. The molecule has 2 rings (SSSR count). The van der Waals surface area contributed by atoms with Crippen LogP contribution in [-0.4, -0.2) is 28.9 Å². The molecule has 1 unspecified atom stereocenters. The highest BCUT2D eigenvalue weighted by Gasteiger charge is 2.30. The van der Waals surface area contributed by atoms with Crippen LogP contribution < -0.4 is 5.32 Å². The molecule has 1 aliphatic rings. The maximum atomic E-state index is 13.0. The third-order valence-electron chi connectivity index (χ3n) is 3.56. The van der Waals surface area contributed by atoms with Crippen molar-refractivity contribution in [2.75, 3.05) is 13.1 Å². The van der Waals surface area contributed by atoms with Crippen molar-refractivity contribution in [2.24, 2.45) is 0 Å². The predicted octanol–water partition coefficient (Wildman–Crippen LogP) is 1.75. The first kappa shape index (κ1) is 13.5. The van der Waals surface area contributed by atoms with Gasteiger partial charge in [0.15, 0.2) is 0 Å². The lowest BCUT2D eigenvalue weighted by Crippen LogP contribution is -2.39. The molecule has 1 atom stereocenters. The number of nitrogens with one attached hydrogen (secondary N) is 1. The highest BCUT2D eigenvalue weighted by atomic mass is 19.1. The predicted molar refractivity (Wildman–Crippen MR) is 67.6 cm³/mol. The molecular formula is C14H20FNO2. The number of halogens is 1. The van der Waals surface area contributed by atoms with E-state index in [0.29, 0.717) is 18.7 Å². The van der Waals surface area contributed by atoms with Gasteiger partial charge in [-0.2, -0.15) is 0 Å². The van der Waals surface area contributed by atoms with Crippen molar-refractivity contribution in [1.29, 1.82) is 0 Å². The third-order valence-corrected chi connectivity index (χ3v) is 3.56. The van der Waals surface area contributed by atoms with Crippen molar-refractivity contribution in [2.45, 2.75) is 37.4 Å². The molecule has 0 heterocycles. The molecule has 1 saturated carbocycles. The first-order valence-electron chi connectivity index (χ1n) is 6.46. The number of rotatable bonds is 5. The minimum absolute atomic E-state index is 0.325. The Balaban J connectivity index is 1.79. The van der Waals surface area contributed by atoms with E-state index >= 15 is 0 Å². The zero-order valence-electron chi connectivity index (χ0n) is 10.4. The monoisotopic (exact) mass is 253 g/mol. The molecule has 1 aliphatic carbocycles. The molecule has 0 bridgehead atoms. The van der Waals surface area contributed by atoms with Gasteiger partial charge in [0.25, 0.3) is 0 Å². The van der Waals surface area contributed by atoms with Gasteiger partial charge in [-0.25, -0.2) is 4.39 Å². The Bertz CT molecular complexity index is 391. The quantitative estimate of drug-likeness (QED) is 0.749. The van der Waals surface area contributed by atoms with Crippen molar-refractivity contribution in [3.05, 3.63) is 35.6 Å². The Morgan fingerprint density at radius 2 is 2.06 bits per heavy atom. The maximum Gasteiger partial charge on any atom is 0.123 e. The smallest absolute Gasteiger partial charge is 0.123 e. The van der Waals surface area contributed by atoms with Gasteiger partial charge >= 0.3 is 0 Å². The average molecular weight is 253 g/mol. The molecule has 3 nitrogen and oxygen atoms in total. The first-order chi connectivity index (χ1) is 8.59. The van der Waals surface area contributed by atoms with Crippen LogP contribution in [0.15, 0.2) is 24.3 Å². The van der Waals surface area contributed by atoms with Crippen LogP contribution in [0.5, 0.6) is 0 Å². The Morgan fingerprint density at radius 3 is 2.72 bits per heavy atom. The minimum atomic E-state index is -0.745. The molecule has 1 fully saturated rings. The zero-order valence-corrected chi connectivity index (χ0v) is 10.4. The molecule has 0 aromatic heterocycles. The van der Waals surface area contributed by atoms with Crippen LogP contribution in [0, 0.1) is 5.82 Å². The lowest BCUT2D eigenvalue weighted by molar-refractivity contribution is 0.0438. The lowest BCUT2D eigenvalue weighted by Gasteiger charge is -2.23. The van der Waals surface area contributed by atoms with Gasteiger partial charge < -0.3 is 15.5 Å². The van der Waals surface area contributed by atoms with Crippen LogP contribution in [0.1, 0.15) is 37.4 Å². The molecule has 1 aromatic rings. The standard InChI is InChI=1S/C14H20FNO2/c15-12-5-3-4-11(8-12)13(17)9-16-10-14(18)6-1-2-7-14/h3-5,8,13,16-18H,1-2,6-7,9-10H2. The summed E-state index contributed by atoms with van der Waals surface area (Å²) >= 11 is 0. The molecular weight excluding hydrogens is 233 g/mol. The van der Waals surface area contributed by atoms with E-state index in [0.717, 1.165) is 25.7 Å². The highest BCUT2D eigenvalue weighted by molar-refractivity contribution is 5.18. The number of benzene rings is 1. The molecule has 0 saturated heterocycles. The van der Waals surface area contributed by atoms with E-state index < -0.39 is 11.7 Å². The topological polar surface area (TPSA) is 52.5 Å². The molecule has 0 radical (unpaired) electrons. The SMILES string of the molecule is OC(CNCC1(O)CCCC1)c1cccc(F)c1. The molecule has 0 aliphatic heterocycles. The fourth-order valence-corrected chi connectivity index (χ4v) is 2.48. The summed E-state index contributed by atoms with van der Waals surface area (Å²) in [7, 11) is 0.